The van der Waals surface area contributed by atoms with E-state index in [0.29, 0.717) is 18.1 Å². The second kappa shape index (κ2) is 9.23. The normalized spacial score (nSPS) is 18.4. The third-order valence-corrected chi connectivity index (χ3v) is 7.23. The standard InChI is InChI=1S/C24H28N4O3S2/c1-14-20(33-15(2)25-14)18-13-32-22(26-18)27-21(29)19-11-17(16-9-7-6-8-10-16)12-28(19)23(30)31-24(3,4)5/h6-10,13,17,19H,11-12H2,1-5H3,(H,26,27,29)/t17-,19-/m0/s1. The number of benzene rings is 1. The van der Waals surface area contributed by atoms with Gasteiger partial charge in [0.15, 0.2) is 5.13 Å². The highest BCUT2D eigenvalue weighted by atomic mass is 32.1. The number of nitrogens with one attached hydrogen (secondary N) is 1. The van der Waals surface area contributed by atoms with Crippen molar-refractivity contribution in [3.63, 3.8) is 0 Å². The minimum absolute atomic E-state index is 0.0594. The smallest absolute Gasteiger partial charge is 0.410 e. The van der Waals surface area contributed by atoms with Gasteiger partial charge in [-0.2, -0.15) is 0 Å². The lowest BCUT2D eigenvalue weighted by molar-refractivity contribution is -0.120. The Morgan fingerprint density at radius 3 is 2.52 bits per heavy atom. The van der Waals surface area contributed by atoms with E-state index < -0.39 is 17.7 Å². The van der Waals surface area contributed by atoms with E-state index in [4.69, 9.17) is 4.74 Å². The van der Waals surface area contributed by atoms with Crippen molar-refractivity contribution < 1.29 is 14.3 Å². The fourth-order valence-corrected chi connectivity index (χ4v) is 5.63. The molecule has 0 spiro atoms. The molecule has 0 aliphatic carbocycles. The number of nitrogens with zero attached hydrogens (tertiary/aromatic N) is 3. The number of aromatic nitrogens is 2. The number of carbonyl (C=O) groups excluding carboxylic acids is 2. The number of aryl methyl sites for hydroxylation is 2. The number of likely N-dealkylation sites (tertiary alicyclic amines) is 1. The second-order valence-corrected chi connectivity index (χ2v) is 11.2. The molecule has 1 N–H and O–H groups in total. The number of hydrogen-bond donors (Lipinski definition) is 1. The van der Waals surface area contributed by atoms with Crippen molar-refractivity contribution in [2.24, 2.45) is 0 Å². The van der Waals surface area contributed by atoms with Gasteiger partial charge in [0.2, 0.25) is 5.91 Å². The van der Waals surface area contributed by atoms with Crippen LogP contribution in [0.25, 0.3) is 10.6 Å². The topological polar surface area (TPSA) is 84.4 Å². The lowest BCUT2D eigenvalue weighted by Gasteiger charge is -2.27. The highest BCUT2D eigenvalue weighted by Gasteiger charge is 2.42. The Labute approximate surface area is 201 Å². The molecule has 1 aliphatic heterocycles. The number of amides is 2. The summed E-state index contributed by atoms with van der Waals surface area (Å²) in [5, 5.41) is 6.33. The zero-order valence-corrected chi connectivity index (χ0v) is 21.0. The Balaban J connectivity index is 1.53. The number of thiazole rings is 2. The van der Waals surface area contributed by atoms with E-state index in [-0.39, 0.29) is 11.8 Å². The molecule has 0 unspecified atom stereocenters. The maximum atomic E-state index is 13.3. The van der Waals surface area contributed by atoms with Gasteiger partial charge in [-0.1, -0.05) is 30.3 Å². The van der Waals surface area contributed by atoms with Gasteiger partial charge in [-0.3, -0.25) is 9.69 Å². The average molecular weight is 485 g/mol. The molecule has 2 atom stereocenters. The fraction of sp³-hybridized carbons (Fsp3) is 0.417. The average Bonchev–Trinajstić information content (AvgIpc) is 3.45. The molecule has 7 nitrogen and oxygen atoms in total. The fourth-order valence-electron chi connectivity index (χ4n) is 3.97. The van der Waals surface area contributed by atoms with Gasteiger partial charge in [-0.15, -0.1) is 22.7 Å². The summed E-state index contributed by atoms with van der Waals surface area (Å²) in [6, 6.07) is 9.34. The van der Waals surface area contributed by atoms with E-state index in [9.17, 15) is 9.59 Å². The van der Waals surface area contributed by atoms with Crippen molar-refractivity contribution in [3.8, 4) is 10.6 Å². The molecule has 1 saturated heterocycles. The predicted octanol–water partition coefficient (Wildman–Crippen LogP) is 5.62. The molecule has 3 heterocycles. The first-order valence-corrected chi connectivity index (χ1v) is 12.6. The highest BCUT2D eigenvalue weighted by Crippen LogP contribution is 2.35. The highest BCUT2D eigenvalue weighted by molar-refractivity contribution is 7.16. The summed E-state index contributed by atoms with van der Waals surface area (Å²) >= 11 is 2.95. The van der Waals surface area contributed by atoms with Crippen LogP contribution in [0.1, 0.15) is 49.4 Å². The third kappa shape index (κ3) is 5.42. The number of carbonyl (C=O) groups is 2. The zero-order chi connectivity index (χ0) is 23.8. The maximum absolute atomic E-state index is 13.3. The maximum Gasteiger partial charge on any atom is 0.410 e. The molecule has 9 heteroatoms. The van der Waals surface area contributed by atoms with Crippen molar-refractivity contribution in [2.75, 3.05) is 11.9 Å². The van der Waals surface area contributed by atoms with E-state index in [1.165, 1.54) is 11.3 Å². The largest absolute Gasteiger partial charge is 0.444 e. The van der Waals surface area contributed by atoms with Crippen molar-refractivity contribution in [1.82, 2.24) is 14.9 Å². The van der Waals surface area contributed by atoms with Crippen LogP contribution in [-0.2, 0) is 9.53 Å². The summed E-state index contributed by atoms with van der Waals surface area (Å²) in [6.45, 7) is 9.82. The van der Waals surface area contributed by atoms with Crippen molar-refractivity contribution in [2.45, 2.75) is 58.6 Å². The number of ether oxygens (including phenoxy) is 1. The Hall–Kier alpha value is -2.78. The van der Waals surface area contributed by atoms with Gasteiger partial charge in [0.1, 0.15) is 11.6 Å². The minimum Gasteiger partial charge on any atom is -0.444 e. The lowest BCUT2D eigenvalue weighted by Crippen LogP contribution is -2.45. The van der Waals surface area contributed by atoms with Gasteiger partial charge in [0.05, 0.1) is 21.3 Å². The summed E-state index contributed by atoms with van der Waals surface area (Å²) in [4.78, 5) is 37.8. The van der Waals surface area contributed by atoms with Crippen LogP contribution in [0.15, 0.2) is 35.7 Å². The molecule has 4 rings (SSSR count). The van der Waals surface area contributed by atoms with Gasteiger partial charge in [0, 0.05) is 17.8 Å². The molecule has 2 amide bonds. The van der Waals surface area contributed by atoms with Crippen molar-refractivity contribution in [1.29, 1.82) is 0 Å². The molecule has 2 aromatic heterocycles. The molecule has 0 bridgehead atoms. The van der Waals surface area contributed by atoms with E-state index in [1.54, 1.807) is 16.2 Å². The van der Waals surface area contributed by atoms with Crippen LogP contribution in [0.5, 0.6) is 0 Å². The van der Waals surface area contributed by atoms with Crippen LogP contribution in [0, 0.1) is 13.8 Å². The Morgan fingerprint density at radius 1 is 1.15 bits per heavy atom. The third-order valence-electron chi connectivity index (χ3n) is 5.37. The Bertz CT molecular complexity index is 1150. The first-order valence-electron chi connectivity index (χ1n) is 10.9. The minimum atomic E-state index is -0.641. The van der Waals surface area contributed by atoms with Crippen LogP contribution in [0.4, 0.5) is 9.93 Å². The molecule has 174 valence electrons. The van der Waals surface area contributed by atoms with Crippen LogP contribution >= 0.6 is 22.7 Å². The summed E-state index contributed by atoms with van der Waals surface area (Å²) in [5.74, 6) is -0.193. The van der Waals surface area contributed by atoms with Gasteiger partial charge in [0.25, 0.3) is 0 Å². The molecular weight excluding hydrogens is 456 g/mol. The first kappa shape index (κ1) is 23.4. The quantitative estimate of drug-likeness (QED) is 0.520. The molecule has 1 aliphatic rings. The summed E-state index contributed by atoms with van der Waals surface area (Å²) in [5.41, 5.74) is 2.20. The Kier molecular flexibility index (Phi) is 6.54. The molecule has 0 radical (unpaired) electrons. The SMILES string of the molecule is Cc1nc(C)c(-c2csc(NC(=O)[C@@H]3C[C@H](c4ccccc4)CN3C(=O)OC(C)(C)C)n2)s1. The monoisotopic (exact) mass is 484 g/mol. The summed E-state index contributed by atoms with van der Waals surface area (Å²) < 4.78 is 5.60. The van der Waals surface area contributed by atoms with Gasteiger partial charge >= 0.3 is 6.09 Å². The molecule has 3 aromatic rings. The zero-order valence-electron chi connectivity index (χ0n) is 19.4. The Morgan fingerprint density at radius 2 is 1.88 bits per heavy atom. The van der Waals surface area contributed by atoms with Crippen LogP contribution in [0.2, 0.25) is 0 Å². The van der Waals surface area contributed by atoms with Crippen LogP contribution in [0.3, 0.4) is 0 Å². The van der Waals surface area contributed by atoms with E-state index in [2.05, 4.69) is 15.3 Å². The van der Waals surface area contributed by atoms with Gasteiger partial charge < -0.3 is 10.1 Å². The van der Waals surface area contributed by atoms with E-state index >= 15 is 0 Å². The predicted molar refractivity (Wildman–Crippen MR) is 132 cm³/mol. The summed E-state index contributed by atoms with van der Waals surface area (Å²) in [7, 11) is 0. The number of rotatable bonds is 4. The van der Waals surface area contributed by atoms with Gasteiger partial charge in [-0.05, 0) is 46.6 Å². The van der Waals surface area contributed by atoms with Crippen molar-refractivity contribution in [3.05, 3.63) is 52.0 Å². The molecule has 1 aromatic carbocycles. The molecule has 33 heavy (non-hydrogen) atoms. The molecule has 1 fully saturated rings. The summed E-state index contributed by atoms with van der Waals surface area (Å²) in [6.07, 6.45) is 0.0529. The molecule has 0 saturated carbocycles. The number of hydrogen-bond acceptors (Lipinski definition) is 7. The van der Waals surface area contributed by atoms with Crippen LogP contribution in [-0.4, -0.2) is 45.1 Å². The molecular formula is C24H28N4O3S2. The van der Waals surface area contributed by atoms with Crippen molar-refractivity contribution >= 4 is 39.8 Å². The van der Waals surface area contributed by atoms with Gasteiger partial charge in [-0.25, -0.2) is 14.8 Å². The lowest BCUT2D eigenvalue weighted by atomic mass is 9.96. The van der Waals surface area contributed by atoms with Crippen LogP contribution < -0.4 is 5.32 Å². The number of anilines is 1. The van der Waals surface area contributed by atoms with E-state index in [0.717, 1.165) is 26.8 Å². The first-order chi connectivity index (χ1) is 15.6. The van der Waals surface area contributed by atoms with E-state index in [1.807, 2.05) is 70.3 Å². The second-order valence-electron chi connectivity index (χ2n) is 9.17.